The topological polar surface area (TPSA) is 47.3 Å². The first-order valence-corrected chi connectivity index (χ1v) is 4.29. The van der Waals surface area contributed by atoms with Crippen molar-refractivity contribution in [3.05, 3.63) is 16.6 Å². The molecule has 0 unspecified atom stereocenters. The third kappa shape index (κ3) is 1.64. The first kappa shape index (κ1) is 9.19. The highest BCUT2D eigenvalue weighted by atomic mass is 79.9. The van der Waals surface area contributed by atoms with E-state index in [-0.39, 0.29) is 0 Å². The highest BCUT2D eigenvalue weighted by Crippen LogP contribution is 2.32. The van der Waals surface area contributed by atoms with E-state index in [1.807, 2.05) is 13.1 Å². The van der Waals surface area contributed by atoms with E-state index in [4.69, 9.17) is 10.5 Å². The van der Waals surface area contributed by atoms with Crippen LogP contribution in [0.25, 0.3) is 0 Å². The molecule has 0 amide bonds. The Kier molecular flexibility index (Phi) is 2.81. The number of halogens is 1. The number of benzene rings is 1. The maximum Gasteiger partial charge on any atom is 0.122 e. The quantitative estimate of drug-likeness (QED) is 0.766. The highest BCUT2D eigenvalue weighted by molar-refractivity contribution is 9.10. The number of nitrogens with one attached hydrogen (secondary N) is 1. The predicted octanol–water partition coefficient (Wildman–Crippen LogP) is 2.08. The SMILES string of the molecule is CNc1c(N)cc(OC)cc1Br. The Bertz CT molecular complexity index is 265. The van der Waals surface area contributed by atoms with Crippen LogP contribution in [0.4, 0.5) is 11.4 Å². The number of hydrogen-bond donors (Lipinski definition) is 2. The average molecular weight is 231 g/mol. The summed E-state index contributed by atoms with van der Waals surface area (Å²) in [6.45, 7) is 0. The molecule has 0 saturated carbocycles. The zero-order valence-corrected chi connectivity index (χ0v) is 8.60. The molecule has 12 heavy (non-hydrogen) atoms. The summed E-state index contributed by atoms with van der Waals surface area (Å²) >= 11 is 3.38. The molecule has 0 spiro atoms. The van der Waals surface area contributed by atoms with E-state index in [1.165, 1.54) is 0 Å². The summed E-state index contributed by atoms with van der Waals surface area (Å²) in [7, 11) is 3.43. The van der Waals surface area contributed by atoms with Gasteiger partial charge in [0.2, 0.25) is 0 Å². The molecule has 3 N–H and O–H groups in total. The van der Waals surface area contributed by atoms with Gasteiger partial charge in [0.15, 0.2) is 0 Å². The predicted molar refractivity (Wildman–Crippen MR) is 54.7 cm³/mol. The van der Waals surface area contributed by atoms with E-state index in [0.29, 0.717) is 5.69 Å². The molecule has 0 radical (unpaired) electrons. The van der Waals surface area contributed by atoms with Gasteiger partial charge in [-0.15, -0.1) is 0 Å². The van der Waals surface area contributed by atoms with Crippen molar-refractivity contribution in [3.8, 4) is 5.75 Å². The fourth-order valence-corrected chi connectivity index (χ4v) is 1.64. The van der Waals surface area contributed by atoms with Crippen LogP contribution in [-0.4, -0.2) is 14.2 Å². The van der Waals surface area contributed by atoms with Crippen LogP contribution in [0.3, 0.4) is 0 Å². The van der Waals surface area contributed by atoms with E-state index in [1.54, 1.807) is 13.2 Å². The van der Waals surface area contributed by atoms with Crippen LogP contribution >= 0.6 is 15.9 Å². The molecule has 0 bridgehead atoms. The number of nitrogen functional groups attached to an aromatic ring is 1. The van der Waals surface area contributed by atoms with Crippen molar-refractivity contribution in [3.63, 3.8) is 0 Å². The molecular weight excluding hydrogens is 220 g/mol. The summed E-state index contributed by atoms with van der Waals surface area (Å²) in [5.41, 5.74) is 7.29. The molecule has 0 atom stereocenters. The number of rotatable bonds is 2. The Labute approximate surface area is 80.0 Å². The number of hydrogen-bond acceptors (Lipinski definition) is 3. The van der Waals surface area contributed by atoms with Crippen molar-refractivity contribution in [2.75, 3.05) is 25.2 Å². The van der Waals surface area contributed by atoms with Crippen LogP contribution in [0.15, 0.2) is 16.6 Å². The molecule has 0 aliphatic heterocycles. The van der Waals surface area contributed by atoms with Crippen LogP contribution < -0.4 is 15.8 Å². The van der Waals surface area contributed by atoms with Gasteiger partial charge in [-0.05, 0) is 22.0 Å². The molecule has 0 aromatic heterocycles. The molecule has 4 heteroatoms. The van der Waals surface area contributed by atoms with Crippen molar-refractivity contribution in [2.45, 2.75) is 0 Å². The van der Waals surface area contributed by atoms with Crippen LogP contribution in [0.1, 0.15) is 0 Å². The maximum atomic E-state index is 5.74. The lowest BCUT2D eigenvalue weighted by Gasteiger charge is -2.09. The summed E-state index contributed by atoms with van der Waals surface area (Å²) in [5, 5.41) is 2.99. The molecule has 0 fully saturated rings. The standard InChI is InChI=1S/C8H11BrN2O/c1-11-8-6(9)3-5(12-2)4-7(8)10/h3-4,11H,10H2,1-2H3. The minimum atomic E-state index is 0.670. The van der Waals surface area contributed by atoms with E-state index >= 15 is 0 Å². The average Bonchev–Trinajstić information content (AvgIpc) is 2.03. The Balaban J connectivity index is 3.18. The molecular formula is C8H11BrN2O. The maximum absolute atomic E-state index is 5.74. The van der Waals surface area contributed by atoms with Crippen molar-refractivity contribution in [2.24, 2.45) is 0 Å². The minimum Gasteiger partial charge on any atom is -0.497 e. The lowest BCUT2D eigenvalue weighted by atomic mass is 10.2. The first-order chi connectivity index (χ1) is 5.69. The Hall–Kier alpha value is -0.900. The van der Waals surface area contributed by atoms with Gasteiger partial charge < -0.3 is 15.8 Å². The van der Waals surface area contributed by atoms with E-state index in [2.05, 4.69) is 21.2 Å². The molecule has 3 nitrogen and oxygen atoms in total. The lowest BCUT2D eigenvalue weighted by molar-refractivity contribution is 0.415. The van der Waals surface area contributed by atoms with Gasteiger partial charge >= 0.3 is 0 Å². The Morgan fingerprint density at radius 3 is 2.58 bits per heavy atom. The summed E-state index contributed by atoms with van der Waals surface area (Å²) < 4.78 is 5.94. The zero-order valence-electron chi connectivity index (χ0n) is 7.02. The Morgan fingerprint density at radius 2 is 2.17 bits per heavy atom. The second-order valence-electron chi connectivity index (χ2n) is 2.32. The molecule has 0 saturated heterocycles. The fraction of sp³-hybridized carbons (Fsp3) is 0.250. The van der Waals surface area contributed by atoms with Gasteiger partial charge in [0.25, 0.3) is 0 Å². The molecule has 0 heterocycles. The molecule has 1 rings (SSSR count). The van der Waals surface area contributed by atoms with Gasteiger partial charge in [0, 0.05) is 17.6 Å². The monoisotopic (exact) mass is 230 g/mol. The van der Waals surface area contributed by atoms with Gasteiger partial charge in [0.1, 0.15) is 5.75 Å². The van der Waals surface area contributed by atoms with Crippen LogP contribution in [0.2, 0.25) is 0 Å². The van der Waals surface area contributed by atoms with E-state index in [9.17, 15) is 0 Å². The molecule has 66 valence electrons. The lowest BCUT2D eigenvalue weighted by Crippen LogP contribution is -1.97. The van der Waals surface area contributed by atoms with Gasteiger partial charge in [-0.25, -0.2) is 0 Å². The van der Waals surface area contributed by atoms with Crippen molar-refractivity contribution < 1.29 is 4.74 Å². The third-order valence-corrected chi connectivity index (χ3v) is 2.21. The number of ether oxygens (including phenoxy) is 1. The van der Waals surface area contributed by atoms with Crippen LogP contribution in [0, 0.1) is 0 Å². The number of nitrogens with two attached hydrogens (primary N) is 1. The Morgan fingerprint density at radius 1 is 1.50 bits per heavy atom. The second kappa shape index (κ2) is 3.67. The van der Waals surface area contributed by atoms with Gasteiger partial charge in [-0.2, -0.15) is 0 Å². The largest absolute Gasteiger partial charge is 0.497 e. The third-order valence-electron chi connectivity index (χ3n) is 1.58. The van der Waals surface area contributed by atoms with Crippen molar-refractivity contribution >= 4 is 27.3 Å². The van der Waals surface area contributed by atoms with E-state index in [0.717, 1.165) is 15.9 Å². The van der Waals surface area contributed by atoms with Crippen molar-refractivity contribution in [1.82, 2.24) is 0 Å². The molecule has 0 aliphatic carbocycles. The van der Waals surface area contributed by atoms with Gasteiger partial charge in [0.05, 0.1) is 18.5 Å². The zero-order chi connectivity index (χ0) is 9.14. The normalized spacial score (nSPS) is 9.58. The number of anilines is 2. The van der Waals surface area contributed by atoms with Crippen molar-refractivity contribution in [1.29, 1.82) is 0 Å². The summed E-state index contributed by atoms with van der Waals surface area (Å²) in [6.07, 6.45) is 0. The van der Waals surface area contributed by atoms with Gasteiger partial charge in [-0.1, -0.05) is 0 Å². The summed E-state index contributed by atoms with van der Waals surface area (Å²) in [6, 6.07) is 3.64. The molecule has 0 aliphatic rings. The first-order valence-electron chi connectivity index (χ1n) is 3.49. The summed E-state index contributed by atoms with van der Waals surface area (Å²) in [5.74, 6) is 0.748. The van der Waals surface area contributed by atoms with Crippen LogP contribution in [0.5, 0.6) is 5.75 Å². The van der Waals surface area contributed by atoms with E-state index < -0.39 is 0 Å². The summed E-state index contributed by atoms with van der Waals surface area (Å²) in [4.78, 5) is 0. The van der Waals surface area contributed by atoms with Crippen LogP contribution in [-0.2, 0) is 0 Å². The highest BCUT2D eigenvalue weighted by Gasteiger charge is 2.04. The minimum absolute atomic E-state index is 0.670. The number of methoxy groups -OCH3 is 1. The smallest absolute Gasteiger partial charge is 0.122 e. The molecule has 1 aromatic rings. The van der Waals surface area contributed by atoms with Gasteiger partial charge in [-0.3, -0.25) is 0 Å². The molecule has 1 aromatic carbocycles. The fourth-order valence-electron chi connectivity index (χ4n) is 0.984. The second-order valence-corrected chi connectivity index (χ2v) is 3.18.